The molecule has 0 saturated carbocycles. The molecule has 0 atom stereocenters. The van der Waals surface area contributed by atoms with E-state index in [4.69, 9.17) is 0 Å². The highest BCUT2D eigenvalue weighted by molar-refractivity contribution is 5.00. The van der Waals surface area contributed by atoms with Crippen molar-refractivity contribution < 1.29 is 103 Å². The summed E-state index contributed by atoms with van der Waals surface area (Å²) in [5, 5.41) is 0. The Morgan fingerprint density at radius 3 is 1.06 bits per heavy atom. The molecule has 0 radical (unpaired) electrons. The van der Waals surface area contributed by atoms with E-state index in [1.165, 1.54) is 4.74 Å². The van der Waals surface area contributed by atoms with Crippen LogP contribution in [0.5, 0.6) is 0 Å². The lowest BCUT2D eigenvalue weighted by Gasteiger charge is -2.31. The van der Waals surface area contributed by atoms with Gasteiger partial charge < -0.3 is 0 Å². The van der Waals surface area contributed by atoms with Crippen LogP contribution in [0.1, 0.15) is 0 Å². The fourth-order valence-electron chi connectivity index (χ4n) is 1.06. The minimum Gasteiger partial charge on any atom is -0.242 e. The molecule has 32 heavy (non-hydrogen) atoms. The first-order valence-corrected chi connectivity index (χ1v) is 6.19. The molecule has 0 aromatic rings. The minimum absolute atomic E-state index is 1.54. The molecule has 23 heteroatoms. The van der Waals surface area contributed by atoms with Gasteiger partial charge in [0.2, 0.25) is 0 Å². The SMILES string of the molecule is FC(F)=C(F)C(F)(F)OC(F)(F)C(F)(F)OC(F)(F)OC(F)(F)OC(F)(F)OC(F)(F)F. The summed E-state index contributed by atoms with van der Waals surface area (Å²) >= 11 is 0. The van der Waals surface area contributed by atoms with Crippen LogP contribution < -0.4 is 0 Å². The lowest BCUT2D eigenvalue weighted by atomic mass is 10.5. The number of halogens is 18. The molecule has 0 aromatic carbocycles. The van der Waals surface area contributed by atoms with Gasteiger partial charge in [0, 0.05) is 0 Å². The van der Waals surface area contributed by atoms with Gasteiger partial charge in [-0.15, -0.1) is 39.5 Å². The summed E-state index contributed by atoms with van der Waals surface area (Å²) in [5.41, 5.74) is 0. The van der Waals surface area contributed by atoms with Crippen LogP contribution in [0.25, 0.3) is 0 Å². The molecule has 0 aliphatic carbocycles. The van der Waals surface area contributed by atoms with E-state index < -0.39 is 55.5 Å². The summed E-state index contributed by atoms with van der Waals surface area (Å²) in [7, 11) is 0. The van der Waals surface area contributed by atoms with Crippen molar-refractivity contribution in [1.29, 1.82) is 0 Å². The third-order valence-electron chi connectivity index (χ3n) is 1.97. The number of alkyl halides is 15. The molecule has 0 spiro atoms. The van der Waals surface area contributed by atoms with E-state index in [0.717, 1.165) is 0 Å². The fraction of sp³-hybridized carbons (Fsp3) is 0.778. The molecule has 0 amide bonds. The molecule has 0 rings (SSSR count). The normalized spacial score (nSPS) is 15.2. The van der Waals surface area contributed by atoms with E-state index in [-0.39, 0.29) is 0 Å². The van der Waals surface area contributed by atoms with E-state index >= 15 is 0 Å². The Labute approximate surface area is 160 Å². The lowest BCUT2D eigenvalue weighted by molar-refractivity contribution is -0.620. The van der Waals surface area contributed by atoms with Crippen LogP contribution >= 0.6 is 0 Å². The van der Waals surface area contributed by atoms with E-state index in [9.17, 15) is 79.0 Å². The molecule has 0 unspecified atom stereocenters. The first-order valence-electron chi connectivity index (χ1n) is 6.19. The summed E-state index contributed by atoms with van der Waals surface area (Å²) in [5.74, 6) is -4.25. The second-order valence-corrected chi connectivity index (χ2v) is 4.47. The maximum atomic E-state index is 12.9. The van der Waals surface area contributed by atoms with Crippen LogP contribution in [0.2, 0.25) is 0 Å². The average molecular weight is 530 g/mol. The highest BCUT2D eigenvalue weighted by Crippen LogP contribution is 2.47. The molecule has 0 aliphatic rings. The molecular formula is C9F18O5. The van der Waals surface area contributed by atoms with E-state index in [0.29, 0.717) is 0 Å². The number of ether oxygens (including phenoxy) is 5. The standard InChI is InChI=1S/C9F18O5/c10-1(2(11)12)3(13,14)28-4(15,16)5(17,18)29-7(22,23)31-9(26,27)32-8(24,25)30-6(19,20)21. The molecule has 0 saturated heterocycles. The molecule has 0 aliphatic heterocycles. The van der Waals surface area contributed by atoms with Gasteiger partial charge in [0.15, 0.2) is 0 Å². The molecular weight excluding hydrogens is 530 g/mol. The molecule has 0 fully saturated rings. The molecule has 0 bridgehead atoms. The first kappa shape index (κ1) is 30.3. The van der Waals surface area contributed by atoms with Crippen molar-refractivity contribution in [2.24, 2.45) is 0 Å². The quantitative estimate of drug-likeness (QED) is 0.239. The van der Waals surface area contributed by atoms with Gasteiger partial charge in [-0.1, -0.05) is 0 Å². The van der Waals surface area contributed by atoms with Crippen molar-refractivity contribution in [3.8, 4) is 0 Å². The summed E-state index contributed by atoms with van der Waals surface area (Å²) in [6, 6.07) is 0. The van der Waals surface area contributed by atoms with Gasteiger partial charge in [-0.25, -0.2) is 18.9 Å². The van der Waals surface area contributed by atoms with E-state index in [1.807, 2.05) is 0 Å². The van der Waals surface area contributed by atoms with E-state index in [1.54, 1.807) is 18.9 Å². The zero-order chi connectivity index (χ0) is 26.2. The Hall–Kier alpha value is -1.72. The van der Waals surface area contributed by atoms with Crippen LogP contribution in [0.4, 0.5) is 79.0 Å². The molecule has 0 heterocycles. The third kappa shape index (κ3) is 9.41. The number of hydrogen-bond donors (Lipinski definition) is 0. The van der Waals surface area contributed by atoms with Gasteiger partial charge in [0.25, 0.3) is 5.83 Å². The second kappa shape index (κ2) is 8.90. The summed E-state index contributed by atoms with van der Waals surface area (Å²) in [6.07, 6.45) is -52.4. The maximum absolute atomic E-state index is 12.9. The smallest absolute Gasteiger partial charge is 0.242 e. The Morgan fingerprint density at radius 1 is 0.406 bits per heavy atom. The van der Waals surface area contributed by atoms with Crippen molar-refractivity contribution in [3.63, 3.8) is 0 Å². The third-order valence-corrected chi connectivity index (χ3v) is 1.97. The maximum Gasteiger partial charge on any atom is 0.529 e. The van der Waals surface area contributed by atoms with Crippen molar-refractivity contribution in [3.05, 3.63) is 11.9 Å². The van der Waals surface area contributed by atoms with E-state index in [2.05, 4.69) is 0 Å². The Bertz CT molecular complexity index is 679. The summed E-state index contributed by atoms with van der Waals surface area (Å²) in [6.45, 7) is 0. The van der Waals surface area contributed by atoms with Gasteiger partial charge in [0.1, 0.15) is 0 Å². The Balaban J connectivity index is 5.55. The van der Waals surface area contributed by atoms with Gasteiger partial charge in [0.05, 0.1) is 0 Å². The van der Waals surface area contributed by atoms with Crippen LogP contribution in [0.15, 0.2) is 11.9 Å². The first-order chi connectivity index (χ1) is 13.6. The summed E-state index contributed by atoms with van der Waals surface area (Å²) in [4.78, 5) is 0. The highest BCUT2D eigenvalue weighted by Gasteiger charge is 2.70. The van der Waals surface area contributed by atoms with Gasteiger partial charge >= 0.3 is 49.7 Å². The van der Waals surface area contributed by atoms with Crippen molar-refractivity contribution >= 4 is 0 Å². The monoisotopic (exact) mass is 530 g/mol. The predicted octanol–water partition coefficient (Wildman–Crippen LogP) is 6.10. The molecule has 0 N–H and O–H groups in total. The van der Waals surface area contributed by atoms with Gasteiger partial charge in [-0.2, -0.15) is 44.3 Å². The second-order valence-electron chi connectivity index (χ2n) is 4.47. The van der Waals surface area contributed by atoms with Crippen molar-refractivity contribution in [2.45, 2.75) is 43.6 Å². The lowest BCUT2D eigenvalue weighted by Crippen LogP contribution is -2.54. The Kier molecular flexibility index (Phi) is 8.43. The number of hydrogen-bond acceptors (Lipinski definition) is 5. The fourth-order valence-corrected chi connectivity index (χ4v) is 1.06. The average Bonchev–Trinajstić information content (AvgIpc) is 2.37. The predicted molar refractivity (Wildman–Crippen MR) is 51.5 cm³/mol. The molecule has 192 valence electrons. The minimum atomic E-state index is -7.34. The zero-order valence-electron chi connectivity index (χ0n) is 13.3. The molecule has 5 nitrogen and oxygen atoms in total. The van der Waals surface area contributed by atoms with Crippen LogP contribution in [0.3, 0.4) is 0 Å². The zero-order valence-corrected chi connectivity index (χ0v) is 13.3. The van der Waals surface area contributed by atoms with Gasteiger partial charge in [-0.05, 0) is 0 Å². The van der Waals surface area contributed by atoms with Gasteiger partial charge in [-0.3, -0.25) is 0 Å². The Morgan fingerprint density at radius 2 is 0.719 bits per heavy atom. The summed E-state index contributed by atoms with van der Waals surface area (Å²) < 4.78 is 230. The van der Waals surface area contributed by atoms with Crippen molar-refractivity contribution in [2.75, 3.05) is 0 Å². The van der Waals surface area contributed by atoms with Crippen LogP contribution in [-0.2, 0) is 23.7 Å². The largest absolute Gasteiger partial charge is 0.529 e. The molecule has 0 aromatic heterocycles. The highest BCUT2D eigenvalue weighted by atomic mass is 19.4. The topological polar surface area (TPSA) is 46.2 Å². The van der Waals surface area contributed by atoms with Crippen molar-refractivity contribution in [1.82, 2.24) is 0 Å². The van der Waals surface area contributed by atoms with Crippen LogP contribution in [0, 0.1) is 0 Å². The number of rotatable bonds is 11. The van der Waals surface area contributed by atoms with Crippen LogP contribution in [-0.4, -0.2) is 43.6 Å².